The van der Waals surface area contributed by atoms with E-state index in [9.17, 15) is 19.2 Å². The second kappa shape index (κ2) is 17.0. The summed E-state index contributed by atoms with van der Waals surface area (Å²) in [5.41, 5.74) is 2.85. The maximum absolute atomic E-state index is 13.4. The number of ether oxygens (including phenoxy) is 2. The van der Waals surface area contributed by atoms with E-state index in [2.05, 4.69) is 54.3 Å². The maximum Gasteiger partial charge on any atom is 0.407 e. The number of carbonyl (C=O) groups is 4. The summed E-state index contributed by atoms with van der Waals surface area (Å²) in [6, 6.07) is 5.68. The highest BCUT2D eigenvalue weighted by molar-refractivity contribution is 5.87. The van der Waals surface area contributed by atoms with E-state index < -0.39 is 24.3 Å². The number of imidazole rings is 2. The second-order valence-corrected chi connectivity index (χ2v) is 13.5. The number of methoxy groups -OCH3 is 2. The van der Waals surface area contributed by atoms with E-state index in [0.717, 1.165) is 36.8 Å². The number of nitrogens with zero attached hydrogens (tertiary/aromatic N) is 4. The largest absolute Gasteiger partial charge is 0.453 e. The van der Waals surface area contributed by atoms with Gasteiger partial charge in [0.15, 0.2) is 0 Å². The molecule has 2 aliphatic heterocycles. The highest BCUT2D eigenvalue weighted by atomic mass is 16.5. The molecule has 0 spiro atoms. The first-order valence-electron chi connectivity index (χ1n) is 17.5. The second-order valence-electron chi connectivity index (χ2n) is 13.5. The van der Waals surface area contributed by atoms with Gasteiger partial charge in [0.25, 0.3) is 0 Å². The third-order valence-electron chi connectivity index (χ3n) is 9.24. The van der Waals surface area contributed by atoms with Crippen LogP contribution in [-0.4, -0.2) is 93.1 Å². The lowest BCUT2D eigenvalue weighted by molar-refractivity contribution is -0.136. The summed E-state index contributed by atoms with van der Waals surface area (Å²) in [5, 5.41) is 5.33. The zero-order chi connectivity index (χ0) is 37.4. The number of carbonyl (C=O) groups excluding carboxylic acids is 4. The van der Waals surface area contributed by atoms with Gasteiger partial charge < -0.3 is 39.9 Å². The molecule has 4 heterocycles. The van der Waals surface area contributed by atoms with E-state index in [1.165, 1.54) is 14.2 Å². The van der Waals surface area contributed by atoms with E-state index >= 15 is 0 Å². The summed E-state index contributed by atoms with van der Waals surface area (Å²) >= 11 is 0. The van der Waals surface area contributed by atoms with E-state index in [-0.39, 0.29) is 35.7 Å². The van der Waals surface area contributed by atoms with Crippen LogP contribution in [0, 0.1) is 35.5 Å². The molecule has 0 bridgehead atoms. The van der Waals surface area contributed by atoms with Gasteiger partial charge in [-0.15, -0.1) is 0 Å². The van der Waals surface area contributed by atoms with Crippen molar-refractivity contribution >= 4 is 24.0 Å². The normalized spacial score (nSPS) is 17.8. The van der Waals surface area contributed by atoms with Gasteiger partial charge in [0.1, 0.15) is 35.1 Å². The number of aromatic amines is 2. The molecular weight excluding hydrogens is 664 g/mol. The average molecular weight is 711 g/mol. The molecule has 2 fully saturated rings. The van der Waals surface area contributed by atoms with Crippen LogP contribution in [0.2, 0.25) is 0 Å². The van der Waals surface area contributed by atoms with E-state index in [1.807, 2.05) is 52.0 Å². The molecule has 4 amide bonds. The summed E-state index contributed by atoms with van der Waals surface area (Å²) in [6.45, 7) is 8.68. The molecule has 14 nitrogen and oxygen atoms in total. The van der Waals surface area contributed by atoms with Crippen LogP contribution >= 0.6 is 0 Å². The molecule has 2 saturated heterocycles. The fourth-order valence-corrected chi connectivity index (χ4v) is 6.44. The molecule has 5 rings (SSSR count). The predicted molar refractivity (Wildman–Crippen MR) is 191 cm³/mol. The summed E-state index contributed by atoms with van der Waals surface area (Å²) in [6.07, 6.45) is 5.22. The lowest BCUT2D eigenvalue weighted by Gasteiger charge is -2.29. The Kier molecular flexibility index (Phi) is 12.2. The minimum Gasteiger partial charge on any atom is -0.453 e. The number of hydrogen-bond donors (Lipinski definition) is 4. The average Bonchev–Trinajstić information content (AvgIpc) is 3.97. The Bertz CT molecular complexity index is 1740. The van der Waals surface area contributed by atoms with Crippen LogP contribution in [0.25, 0.3) is 0 Å². The fourth-order valence-electron chi connectivity index (χ4n) is 6.44. The van der Waals surface area contributed by atoms with Crippen molar-refractivity contribution in [2.75, 3.05) is 27.3 Å². The zero-order valence-corrected chi connectivity index (χ0v) is 30.4. The highest BCUT2D eigenvalue weighted by Crippen LogP contribution is 2.32. The lowest BCUT2D eigenvalue weighted by atomic mass is 10.0. The van der Waals surface area contributed by atoms with Crippen LogP contribution in [0.1, 0.15) is 99.6 Å². The summed E-state index contributed by atoms with van der Waals surface area (Å²) in [7, 11) is 2.55. The minimum atomic E-state index is -0.700. The number of benzene rings is 1. The first-order chi connectivity index (χ1) is 25.0. The summed E-state index contributed by atoms with van der Waals surface area (Å²) < 4.78 is 9.44. The van der Waals surface area contributed by atoms with Gasteiger partial charge in [-0.1, -0.05) is 39.5 Å². The molecular formula is C38H46N8O6. The van der Waals surface area contributed by atoms with E-state index in [1.54, 1.807) is 22.2 Å². The van der Waals surface area contributed by atoms with E-state index in [4.69, 9.17) is 9.47 Å². The monoisotopic (exact) mass is 710 g/mol. The molecule has 1 aromatic carbocycles. The molecule has 0 aliphatic carbocycles. The fraction of sp³-hybridized carbons (Fsp3) is 0.474. The zero-order valence-electron chi connectivity index (χ0n) is 30.4. The van der Waals surface area contributed by atoms with Gasteiger partial charge in [-0.2, -0.15) is 0 Å². The first kappa shape index (κ1) is 37.5. The number of alkyl carbamates (subject to hydrolysis) is 2. The Hall–Kier alpha value is -5.76. The number of H-pyrrole nitrogens is 2. The van der Waals surface area contributed by atoms with Crippen molar-refractivity contribution in [1.82, 2.24) is 40.4 Å². The molecule has 0 saturated carbocycles. The van der Waals surface area contributed by atoms with Gasteiger partial charge in [-0.3, -0.25) is 9.59 Å². The molecule has 3 aromatic rings. The van der Waals surface area contributed by atoms with Crippen molar-refractivity contribution < 1.29 is 28.7 Å². The number of rotatable bonds is 8. The highest BCUT2D eigenvalue weighted by Gasteiger charge is 2.38. The van der Waals surface area contributed by atoms with Crippen molar-refractivity contribution in [1.29, 1.82) is 0 Å². The van der Waals surface area contributed by atoms with Crippen LogP contribution in [0.4, 0.5) is 9.59 Å². The summed E-state index contributed by atoms with van der Waals surface area (Å²) in [5.74, 6) is 13.3. The number of nitrogens with one attached hydrogen (secondary N) is 4. The molecule has 4 N–H and O–H groups in total. The molecule has 4 atom stereocenters. The van der Waals surface area contributed by atoms with Crippen molar-refractivity contribution in [3.8, 4) is 23.7 Å². The third kappa shape index (κ3) is 8.93. The van der Waals surface area contributed by atoms with Crippen LogP contribution < -0.4 is 10.6 Å². The predicted octanol–water partition coefficient (Wildman–Crippen LogP) is 4.02. The topological polar surface area (TPSA) is 175 Å². The van der Waals surface area contributed by atoms with Gasteiger partial charge in [0.05, 0.1) is 38.7 Å². The van der Waals surface area contributed by atoms with Gasteiger partial charge in [0, 0.05) is 24.2 Å². The molecule has 0 radical (unpaired) electrons. The van der Waals surface area contributed by atoms with Crippen LogP contribution in [0.15, 0.2) is 36.7 Å². The van der Waals surface area contributed by atoms with Crippen LogP contribution in [0.5, 0.6) is 0 Å². The van der Waals surface area contributed by atoms with Crippen molar-refractivity contribution in [3.63, 3.8) is 0 Å². The number of hydrogen-bond acceptors (Lipinski definition) is 8. The third-order valence-corrected chi connectivity index (χ3v) is 9.24. The van der Waals surface area contributed by atoms with Crippen LogP contribution in [-0.2, 0) is 19.1 Å². The number of likely N-dealkylation sites (tertiary alicyclic amines) is 2. The molecule has 2 aliphatic rings. The van der Waals surface area contributed by atoms with Gasteiger partial charge >= 0.3 is 12.2 Å². The Morgan fingerprint density at radius 1 is 0.692 bits per heavy atom. The van der Waals surface area contributed by atoms with Gasteiger partial charge in [-0.05, 0) is 73.6 Å². The van der Waals surface area contributed by atoms with Crippen molar-refractivity contribution in [2.45, 2.75) is 77.5 Å². The smallest absolute Gasteiger partial charge is 0.407 e. The summed E-state index contributed by atoms with van der Waals surface area (Å²) in [4.78, 5) is 69.6. The van der Waals surface area contributed by atoms with Crippen molar-refractivity contribution in [3.05, 3.63) is 70.8 Å². The Morgan fingerprint density at radius 2 is 1.08 bits per heavy atom. The Balaban J connectivity index is 1.20. The first-order valence-corrected chi connectivity index (χ1v) is 17.5. The van der Waals surface area contributed by atoms with Crippen molar-refractivity contribution in [2.24, 2.45) is 11.8 Å². The molecule has 274 valence electrons. The number of aromatic nitrogens is 4. The molecule has 2 aromatic heterocycles. The number of amides is 4. The minimum absolute atomic E-state index is 0.115. The van der Waals surface area contributed by atoms with Gasteiger partial charge in [-0.25, -0.2) is 19.6 Å². The molecule has 0 unspecified atom stereocenters. The maximum atomic E-state index is 13.4. The molecule has 52 heavy (non-hydrogen) atoms. The van der Waals surface area contributed by atoms with Crippen LogP contribution in [0.3, 0.4) is 0 Å². The van der Waals surface area contributed by atoms with E-state index in [0.29, 0.717) is 36.1 Å². The SMILES string of the molecule is COC(=O)N[C@@H](C(=O)N1CCC[C@@H]1c1ncc(C#Cc2ccc(C#Cc3cnc([C@H]4CCCN4C(=O)[C@H](NC(=O)OC)C(C)C)[nH]3)cc2)[nH]1)C(C)C. The quantitative estimate of drug-likeness (QED) is 0.254. The Labute approximate surface area is 303 Å². The Morgan fingerprint density at radius 3 is 1.42 bits per heavy atom. The molecule has 14 heteroatoms. The standard InChI is InChI=1S/C38H46N8O6/c1-23(2)31(43-37(49)51-5)35(47)45-19-7-9-29(45)33-39-21-27(41-33)17-15-25-11-13-26(14-12-25)16-18-28-22-40-34(42-28)30-10-8-20-46(30)36(48)32(24(3)4)44-38(50)52-6/h11-14,21-24,29-32H,7-10,19-20H2,1-6H3,(H,39,41)(H,40,42)(H,43,49)(H,44,50)/t29-,30-,31-,32-/m1/s1. The van der Waals surface area contributed by atoms with Gasteiger partial charge in [0.2, 0.25) is 11.8 Å². The lowest BCUT2D eigenvalue weighted by Crippen LogP contribution is -2.51.